The molecule has 1 amide bonds. The van der Waals surface area contributed by atoms with E-state index in [1.165, 1.54) is 11.8 Å². The maximum atomic E-state index is 11.7. The first-order chi connectivity index (χ1) is 9.65. The Balaban J connectivity index is 1.75. The van der Waals surface area contributed by atoms with Gasteiger partial charge in [0.25, 0.3) is 0 Å². The van der Waals surface area contributed by atoms with Crippen LogP contribution in [0.3, 0.4) is 0 Å². The summed E-state index contributed by atoms with van der Waals surface area (Å²) in [5.41, 5.74) is 1.28. The number of nitrogens with zero attached hydrogens (tertiary/aromatic N) is 1. The molecule has 20 heavy (non-hydrogen) atoms. The average molecular weight is 272 g/mol. The standard InChI is InChI=1S/C16H20N2O2/c1-13(7-8-14-5-3-11-18(14)2)17-16(19)10-9-15-6-4-12-20-15/h3-6,9-13H,7-8H2,1-2H3,(H,17,19). The van der Waals surface area contributed by atoms with Gasteiger partial charge in [-0.1, -0.05) is 0 Å². The zero-order valence-corrected chi connectivity index (χ0v) is 11.9. The van der Waals surface area contributed by atoms with E-state index >= 15 is 0 Å². The molecular weight excluding hydrogens is 252 g/mol. The lowest BCUT2D eigenvalue weighted by atomic mass is 10.1. The molecule has 0 aromatic carbocycles. The molecule has 1 atom stereocenters. The largest absolute Gasteiger partial charge is 0.465 e. The summed E-state index contributed by atoms with van der Waals surface area (Å²) in [6.45, 7) is 2.02. The SMILES string of the molecule is CC(CCc1cccn1C)NC(=O)C=Cc1ccco1. The Morgan fingerprint density at radius 3 is 2.95 bits per heavy atom. The summed E-state index contributed by atoms with van der Waals surface area (Å²) in [6.07, 6.45) is 8.65. The number of carbonyl (C=O) groups excluding carboxylic acids is 1. The average Bonchev–Trinajstić information content (AvgIpc) is 3.05. The Bertz CT molecular complexity index is 567. The third kappa shape index (κ3) is 4.16. The Morgan fingerprint density at radius 1 is 1.45 bits per heavy atom. The molecule has 0 fully saturated rings. The van der Waals surface area contributed by atoms with E-state index in [1.807, 2.05) is 32.3 Å². The van der Waals surface area contributed by atoms with E-state index in [-0.39, 0.29) is 11.9 Å². The molecule has 1 unspecified atom stereocenters. The Morgan fingerprint density at radius 2 is 2.30 bits per heavy atom. The molecule has 0 saturated heterocycles. The van der Waals surface area contributed by atoms with Crippen LogP contribution in [-0.2, 0) is 18.3 Å². The minimum Gasteiger partial charge on any atom is -0.465 e. The van der Waals surface area contributed by atoms with Crippen molar-refractivity contribution in [3.05, 3.63) is 54.3 Å². The number of nitrogens with one attached hydrogen (secondary N) is 1. The number of aromatic nitrogens is 1. The summed E-state index contributed by atoms with van der Waals surface area (Å²) >= 11 is 0. The van der Waals surface area contributed by atoms with Gasteiger partial charge in [-0.2, -0.15) is 0 Å². The first-order valence-electron chi connectivity index (χ1n) is 6.77. The van der Waals surface area contributed by atoms with Crippen molar-refractivity contribution in [3.63, 3.8) is 0 Å². The van der Waals surface area contributed by atoms with Crippen LogP contribution in [0.5, 0.6) is 0 Å². The van der Waals surface area contributed by atoms with Crippen LogP contribution < -0.4 is 5.32 Å². The van der Waals surface area contributed by atoms with Gasteiger partial charge in [-0.3, -0.25) is 4.79 Å². The molecule has 2 aromatic heterocycles. The minimum atomic E-state index is -0.0965. The Kier molecular flexibility index (Phi) is 4.82. The topological polar surface area (TPSA) is 47.2 Å². The molecule has 0 aliphatic rings. The normalized spacial score (nSPS) is 12.7. The van der Waals surface area contributed by atoms with Crippen LogP contribution in [0.2, 0.25) is 0 Å². The van der Waals surface area contributed by atoms with Gasteiger partial charge in [-0.15, -0.1) is 0 Å². The van der Waals surface area contributed by atoms with Crippen molar-refractivity contribution >= 4 is 12.0 Å². The number of amides is 1. The number of rotatable bonds is 6. The first kappa shape index (κ1) is 14.2. The molecule has 0 radical (unpaired) electrons. The second-order valence-corrected chi connectivity index (χ2v) is 4.91. The molecule has 1 N–H and O–H groups in total. The van der Waals surface area contributed by atoms with Gasteiger partial charge in [0.05, 0.1) is 6.26 Å². The molecule has 2 rings (SSSR count). The Hall–Kier alpha value is -2.23. The monoisotopic (exact) mass is 272 g/mol. The summed E-state index contributed by atoms with van der Waals surface area (Å²) < 4.78 is 7.23. The van der Waals surface area contributed by atoms with Crippen molar-refractivity contribution in [2.75, 3.05) is 0 Å². The molecule has 0 aliphatic heterocycles. The number of hydrogen-bond acceptors (Lipinski definition) is 2. The lowest BCUT2D eigenvalue weighted by molar-refractivity contribution is -0.117. The number of aryl methyl sites for hydroxylation is 2. The van der Waals surface area contributed by atoms with Crippen molar-refractivity contribution in [2.24, 2.45) is 7.05 Å². The highest BCUT2D eigenvalue weighted by molar-refractivity contribution is 5.91. The third-order valence-electron chi connectivity index (χ3n) is 3.22. The van der Waals surface area contributed by atoms with Crippen LogP contribution in [-0.4, -0.2) is 16.5 Å². The van der Waals surface area contributed by atoms with Crippen LogP contribution in [0.25, 0.3) is 6.08 Å². The summed E-state index contributed by atoms with van der Waals surface area (Å²) in [4.78, 5) is 11.7. The summed E-state index contributed by atoms with van der Waals surface area (Å²) in [7, 11) is 2.03. The quantitative estimate of drug-likeness (QED) is 0.822. The highest BCUT2D eigenvalue weighted by atomic mass is 16.3. The van der Waals surface area contributed by atoms with E-state index in [4.69, 9.17) is 4.42 Å². The van der Waals surface area contributed by atoms with Gasteiger partial charge in [0.1, 0.15) is 5.76 Å². The van der Waals surface area contributed by atoms with Crippen molar-refractivity contribution < 1.29 is 9.21 Å². The maximum absolute atomic E-state index is 11.7. The molecular formula is C16H20N2O2. The lowest BCUT2D eigenvalue weighted by Crippen LogP contribution is -2.31. The van der Waals surface area contributed by atoms with Gasteiger partial charge in [0, 0.05) is 31.1 Å². The van der Waals surface area contributed by atoms with E-state index in [2.05, 4.69) is 16.0 Å². The second-order valence-electron chi connectivity index (χ2n) is 4.91. The molecule has 0 saturated carbocycles. The summed E-state index contributed by atoms with van der Waals surface area (Å²) in [5.74, 6) is 0.581. The molecule has 0 bridgehead atoms. The first-order valence-corrected chi connectivity index (χ1v) is 6.77. The minimum absolute atomic E-state index is 0.0965. The summed E-state index contributed by atoms with van der Waals surface area (Å²) in [5, 5.41) is 2.95. The van der Waals surface area contributed by atoms with Gasteiger partial charge in [0.15, 0.2) is 0 Å². The van der Waals surface area contributed by atoms with E-state index < -0.39 is 0 Å². The molecule has 4 heteroatoms. The van der Waals surface area contributed by atoms with Gasteiger partial charge in [-0.25, -0.2) is 0 Å². The van der Waals surface area contributed by atoms with Crippen molar-refractivity contribution in [3.8, 4) is 0 Å². The highest BCUT2D eigenvalue weighted by Crippen LogP contribution is 2.06. The van der Waals surface area contributed by atoms with Crippen molar-refractivity contribution in [1.29, 1.82) is 0 Å². The molecule has 106 valence electrons. The van der Waals surface area contributed by atoms with Gasteiger partial charge in [0.2, 0.25) is 5.91 Å². The van der Waals surface area contributed by atoms with Crippen molar-refractivity contribution in [2.45, 2.75) is 25.8 Å². The van der Waals surface area contributed by atoms with E-state index in [0.29, 0.717) is 5.76 Å². The van der Waals surface area contributed by atoms with E-state index in [0.717, 1.165) is 12.8 Å². The van der Waals surface area contributed by atoms with Crippen LogP contribution in [0.4, 0.5) is 0 Å². The number of carbonyl (C=O) groups is 1. The smallest absolute Gasteiger partial charge is 0.244 e. The molecule has 2 aromatic rings. The predicted molar refractivity (Wildman–Crippen MR) is 79.1 cm³/mol. The van der Waals surface area contributed by atoms with Gasteiger partial charge < -0.3 is 14.3 Å². The molecule has 0 aliphatic carbocycles. The van der Waals surface area contributed by atoms with Crippen LogP contribution in [0, 0.1) is 0 Å². The number of furan rings is 1. The number of hydrogen-bond donors (Lipinski definition) is 1. The molecule has 2 heterocycles. The van der Waals surface area contributed by atoms with Crippen molar-refractivity contribution in [1.82, 2.24) is 9.88 Å². The maximum Gasteiger partial charge on any atom is 0.244 e. The fourth-order valence-corrected chi connectivity index (χ4v) is 2.03. The molecule has 0 spiro atoms. The van der Waals surface area contributed by atoms with E-state index in [1.54, 1.807) is 18.4 Å². The lowest BCUT2D eigenvalue weighted by Gasteiger charge is -2.12. The van der Waals surface area contributed by atoms with Gasteiger partial charge in [-0.05, 0) is 50.1 Å². The van der Waals surface area contributed by atoms with E-state index in [9.17, 15) is 4.79 Å². The van der Waals surface area contributed by atoms with Crippen LogP contribution in [0.15, 0.2) is 47.2 Å². The highest BCUT2D eigenvalue weighted by Gasteiger charge is 2.06. The zero-order valence-electron chi connectivity index (χ0n) is 11.9. The third-order valence-corrected chi connectivity index (χ3v) is 3.22. The predicted octanol–water partition coefficient (Wildman–Crippen LogP) is 2.77. The zero-order chi connectivity index (χ0) is 14.4. The fourth-order valence-electron chi connectivity index (χ4n) is 2.03. The van der Waals surface area contributed by atoms with Crippen LogP contribution in [0.1, 0.15) is 24.8 Å². The summed E-state index contributed by atoms with van der Waals surface area (Å²) in [6, 6.07) is 7.87. The fraction of sp³-hybridized carbons (Fsp3) is 0.312. The second kappa shape index (κ2) is 6.80. The van der Waals surface area contributed by atoms with Gasteiger partial charge >= 0.3 is 0 Å². The van der Waals surface area contributed by atoms with Crippen LogP contribution >= 0.6 is 0 Å². The Labute approximate surface area is 119 Å². The molecule has 4 nitrogen and oxygen atoms in total.